The van der Waals surface area contributed by atoms with Gasteiger partial charge in [0.25, 0.3) is 10.0 Å². The fourth-order valence-electron chi connectivity index (χ4n) is 4.91. The molecule has 5 nitrogen and oxygen atoms in total. The van der Waals surface area contributed by atoms with Crippen molar-refractivity contribution in [3.8, 4) is 0 Å². The number of likely N-dealkylation sites (tertiary alicyclic amines) is 1. The Hall–Kier alpha value is -2.67. The van der Waals surface area contributed by atoms with Crippen molar-refractivity contribution in [2.24, 2.45) is 0 Å². The number of rotatable bonds is 5. The molecule has 1 fully saturated rings. The predicted molar refractivity (Wildman–Crippen MR) is 117 cm³/mol. The molecule has 0 unspecified atom stereocenters. The van der Waals surface area contributed by atoms with Gasteiger partial charge in [-0.25, -0.2) is 8.42 Å². The molecule has 1 saturated heterocycles. The van der Waals surface area contributed by atoms with Crippen LogP contribution in [0.4, 0.5) is 5.69 Å². The van der Waals surface area contributed by atoms with Gasteiger partial charge >= 0.3 is 0 Å². The summed E-state index contributed by atoms with van der Waals surface area (Å²) < 4.78 is 28.5. The average Bonchev–Trinajstić information content (AvgIpc) is 2.78. The molecular weight excluding hydrogens is 396 g/mol. The minimum Gasteiger partial charge on any atom is -0.395 e. The van der Waals surface area contributed by atoms with E-state index in [1.54, 1.807) is 28.6 Å². The third-order valence-electron chi connectivity index (χ3n) is 6.32. The van der Waals surface area contributed by atoms with Gasteiger partial charge in [-0.05, 0) is 29.3 Å². The molecule has 0 aliphatic carbocycles. The van der Waals surface area contributed by atoms with E-state index >= 15 is 0 Å². The van der Waals surface area contributed by atoms with E-state index in [4.69, 9.17) is 0 Å². The van der Waals surface area contributed by atoms with Crippen LogP contribution in [-0.2, 0) is 16.6 Å². The molecule has 30 heavy (non-hydrogen) atoms. The van der Waals surface area contributed by atoms with Gasteiger partial charge in [-0.3, -0.25) is 9.21 Å². The summed E-state index contributed by atoms with van der Waals surface area (Å²) in [7, 11) is -3.67. The van der Waals surface area contributed by atoms with E-state index in [-0.39, 0.29) is 24.6 Å². The van der Waals surface area contributed by atoms with Crippen LogP contribution >= 0.6 is 0 Å². The van der Waals surface area contributed by atoms with Gasteiger partial charge in [-0.15, -0.1) is 0 Å². The van der Waals surface area contributed by atoms with E-state index in [0.717, 1.165) is 16.8 Å². The zero-order valence-electron chi connectivity index (χ0n) is 16.5. The molecule has 5 rings (SSSR count). The number of sulfonamides is 1. The molecule has 0 radical (unpaired) electrons. The maximum absolute atomic E-state index is 13.5. The third-order valence-corrected chi connectivity index (χ3v) is 8.12. The normalized spacial score (nSPS) is 23.4. The van der Waals surface area contributed by atoms with Gasteiger partial charge in [0.2, 0.25) is 0 Å². The van der Waals surface area contributed by atoms with Crippen molar-refractivity contribution < 1.29 is 13.5 Å². The molecule has 2 aliphatic heterocycles. The predicted octanol–water partition coefficient (Wildman–Crippen LogP) is 3.22. The smallest absolute Gasteiger partial charge is 0.264 e. The Bertz CT molecular complexity index is 1140. The number of hydrogen-bond acceptors (Lipinski definition) is 4. The fraction of sp³-hybridized carbons (Fsp3) is 0.250. The van der Waals surface area contributed by atoms with Crippen LogP contribution in [0.5, 0.6) is 0 Å². The van der Waals surface area contributed by atoms with E-state index in [0.29, 0.717) is 18.0 Å². The summed E-state index contributed by atoms with van der Waals surface area (Å²) in [4.78, 5) is 2.54. The number of aliphatic hydroxyl groups excluding tert-OH is 1. The van der Waals surface area contributed by atoms with Crippen LogP contribution in [0, 0.1) is 0 Å². The number of hydrogen-bond donors (Lipinski definition) is 1. The molecule has 2 aliphatic rings. The first kappa shape index (κ1) is 19.3. The molecule has 0 bridgehead atoms. The van der Waals surface area contributed by atoms with E-state index in [1.807, 2.05) is 48.5 Å². The minimum absolute atomic E-state index is 0.0158. The molecule has 0 amide bonds. The number of benzene rings is 3. The summed E-state index contributed by atoms with van der Waals surface area (Å²) >= 11 is 0. The van der Waals surface area contributed by atoms with Gasteiger partial charge in [0, 0.05) is 24.5 Å². The monoisotopic (exact) mass is 420 g/mol. The molecular formula is C24H24N2O3S. The quantitative estimate of drug-likeness (QED) is 0.689. The Kier molecular flexibility index (Phi) is 4.85. The summed E-state index contributed by atoms with van der Waals surface area (Å²) in [6.45, 7) is 1.12. The number of fused-ring (bicyclic) bond motifs is 3. The van der Waals surface area contributed by atoms with Gasteiger partial charge in [0.1, 0.15) is 0 Å². The summed E-state index contributed by atoms with van der Waals surface area (Å²) in [5.41, 5.74) is 2.88. The van der Waals surface area contributed by atoms with Crippen molar-refractivity contribution >= 4 is 15.7 Å². The molecule has 0 saturated carbocycles. The largest absolute Gasteiger partial charge is 0.395 e. The second-order valence-corrected chi connectivity index (χ2v) is 9.77. The van der Waals surface area contributed by atoms with Crippen LogP contribution < -0.4 is 4.31 Å². The van der Waals surface area contributed by atoms with Crippen LogP contribution in [0.3, 0.4) is 0 Å². The lowest BCUT2D eigenvalue weighted by molar-refractivity contribution is -0.0477. The Morgan fingerprint density at radius 1 is 0.867 bits per heavy atom. The summed E-state index contributed by atoms with van der Waals surface area (Å²) in [5.74, 6) is 0.122. The zero-order chi connectivity index (χ0) is 20.7. The van der Waals surface area contributed by atoms with E-state index in [1.165, 1.54) is 0 Å². The highest BCUT2D eigenvalue weighted by Crippen LogP contribution is 2.49. The van der Waals surface area contributed by atoms with Crippen molar-refractivity contribution in [1.29, 1.82) is 0 Å². The number of anilines is 1. The highest BCUT2D eigenvalue weighted by atomic mass is 32.2. The Balaban J connectivity index is 1.54. The lowest BCUT2D eigenvalue weighted by atomic mass is 9.72. The highest BCUT2D eigenvalue weighted by molar-refractivity contribution is 7.92. The minimum atomic E-state index is -3.67. The third kappa shape index (κ3) is 3.03. The van der Waals surface area contributed by atoms with E-state index in [2.05, 4.69) is 17.0 Å². The summed E-state index contributed by atoms with van der Waals surface area (Å²) in [5, 5.41) is 10.1. The molecule has 0 spiro atoms. The number of aliphatic hydroxyl groups is 1. The molecule has 0 aromatic heterocycles. The molecule has 3 aromatic carbocycles. The van der Waals surface area contributed by atoms with Crippen LogP contribution in [0.25, 0.3) is 0 Å². The highest BCUT2D eigenvalue weighted by Gasteiger charge is 2.53. The van der Waals surface area contributed by atoms with Crippen LogP contribution in [0.2, 0.25) is 0 Å². The molecule has 154 valence electrons. The van der Waals surface area contributed by atoms with Gasteiger partial charge in [0.05, 0.1) is 23.7 Å². The van der Waals surface area contributed by atoms with Gasteiger partial charge in [-0.2, -0.15) is 0 Å². The number of nitrogens with zero attached hydrogens (tertiary/aromatic N) is 2. The Morgan fingerprint density at radius 2 is 1.50 bits per heavy atom. The Labute approximate surface area is 177 Å². The van der Waals surface area contributed by atoms with Gasteiger partial charge in [0.15, 0.2) is 0 Å². The Morgan fingerprint density at radius 3 is 2.20 bits per heavy atom. The molecule has 3 atom stereocenters. The fourth-order valence-corrected chi connectivity index (χ4v) is 6.44. The van der Waals surface area contributed by atoms with Crippen molar-refractivity contribution in [2.45, 2.75) is 29.4 Å². The maximum Gasteiger partial charge on any atom is 0.264 e. The van der Waals surface area contributed by atoms with E-state index < -0.39 is 10.0 Å². The van der Waals surface area contributed by atoms with Crippen LogP contribution in [0.1, 0.15) is 17.0 Å². The lowest BCUT2D eigenvalue weighted by Crippen LogP contribution is -2.68. The summed E-state index contributed by atoms with van der Waals surface area (Å²) in [6, 6.07) is 26.4. The first-order valence-electron chi connectivity index (χ1n) is 10.2. The first-order valence-corrected chi connectivity index (χ1v) is 11.6. The topological polar surface area (TPSA) is 60.9 Å². The van der Waals surface area contributed by atoms with Crippen LogP contribution in [0.15, 0.2) is 89.8 Å². The zero-order valence-corrected chi connectivity index (χ0v) is 17.3. The number of para-hydroxylation sites is 1. The van der Waals surface area contributed by atoms with Crippen molar-refractivity contribution in [2.75, 3.05) is 17.5 Å². The maximum atomic E-state index is 13.5. The molecule has 2 heterocycles. The van der Waals surface area contributed by atoms with Gasteiger partial charge in [-0.1, -0.05) is 66.7 Å². The lowest BCUT2D eigenvalue weighted by Gasteiger charge is -2.59. The average molecular weight is 421 g/mol. The molecule has 6 heteroatoms. The van der Waals surface area contributed by atoms with Crippen molar-refractivity contribution in [3.63, 3.8) is 0 Å². The van der Waals surface area contributed by atoms with E-state index in [9.17, 15) is 13.5 Å². The second-order valence-electron chi connectivity index (χ2n) is 7.91. The molecule has 1 N–H and O–H groups in total. The SMILES string of the molecule is O=S(=O)(c1ccccc1)N1C[C@H]2[C@@H](c3ccccc31)[C@@H](CO)N2Cc1ccccc1. The summed E-state index contributed by atoms with van der Waals surface area (Å²) in [6.07, 6.45) is 0. The van der Waals surface area contributed by atoms with Crippen molar-refractivity contribution in [1.82, 2.24) is 4.90 Å². The van der Waals surface area contributed by atoms with Gasteiger partial charge < -0.3 is 5.11 Å². The second kappa shape index (κ2) is 7.54. The standard InChI is InChI=1S/C24H24N2O3S/c27-17-23-24-20-13-7-8-14-21(20)26(30(28,29)19-11-5-2-6-12-19)16-22(24)25(23)15-18-9-3-1-4-10-18/h1-14,22-24,27H,15-17H2/t22-,23+,24+/m0/s1. The van der Waals surface area contributed by atoms with Crippen LogP contribution in [-0.4, -0.2) is 43.7 Å². The van der Waals surface area contributed by atoms with Crippen molar-refractivity contribution in [3.05, 3.63) is 96.1 Å². The molecule has 3 aromatic rings. The first-order chi connectivity index (χ1) is 14.6.